The van der Waals surface area contributed by atoms with Crippen molar-refractivity contribution in [2.45, 2.75) is 10.1 Å². The maximum Gasteiger partial charge on any atom is 0.172 e. The minimum absolute atomic E-state index is 0.792. The molecule has 4 heteroatoms. The Labute approximate surface area is 87.0 Å². The van der Waals surface area contributed by atoms with Crippen LogP contribution < -0.4 is 5.73 Å². The van der Waals surface area contributed by atoms with Crippen molar-refractivity contribution in [1.29, 1.82) is 0 Å². The fourth-order valence-electron chi connectivity index (χ4n) is 1.12. The van der Waals surface area contributed by atoms with Crippen LogP contribution in [0.25, 0.3) is 0 Å². The molecule has 1 heterocycles. The van der Waals surface area contributed by atoms with Crippen LogP contribution >= 0.6 is 11.8 Å². The predicted octanol–water partition coefficient (Wildman–Crippen LogP) is 2.15. The summed E-state index contributed by atoms with van der Waals surface area (Å²) < 4.78 is 1.97. The smallest absolute Gasteiger partial charge is 0.172 e. The maximum absolute atomic E-state index is 5.83. The molecule has 0 spiro atoms. The molecule has 2 aromatic rings. The van der Waals surface area contributed by atoms with E-state index in [2.05, 4.69) is 4.98 Å². The molecule has 2 rings (SSSR count). The molecule has 2 N–H and O–H groups in total. The van der Waals surface area contributed by atoms with Gasteiger partial charge in [-0.3, -0.25) is 0 Å². The van der Waals surface area contributed by atoms with Crippen molar-refractivity contribution in [1.82, 2.24) is 9.55 Å². The van der Waals surface area contributed by atoms with Crippen molar-refractivity contribution in [3.63, 3.8) is 0 Å². The minimum Gasteiger partial charge on any atom is -0.398 e. The van der Waals surface area contributed by atoms with Gasteiger partial charge < -0.3 is 10.3 Å². The summed E-state index contributed by atoms with van der Waals surface area (Å²) in [5, 5.41) is 0.947. The summed E-state index contributed by atoms with van der Waals surface area (Å²) in [4.78, 5) is 5.27. The van der Waals surface area contributed by atoms with E-state index in [1.807, 2.05) is 42.1 Å². The van der Waals surface area contributed by atoms with Crippen molar-refractivity contribution in [2.24, 2.45) is 7.05 Å². The van der Waals surface area contributed by atoms with Gasteiger partial charge in [-0.25, -0.2) is 4.98 Å². The number of nitrogens with two attached hydrogens (primary N) is 1. The van der Waals surface area contributed by atoms with Gasteiger partial charge in [0.1, 0.15) is 0 Å². The van der Waals surface area contributed by atoms with Crippen LogP contribution in [0.2, 0.25) is 0 Å². The fourth-order valence-corrected chi connectivity index (χ4v) is 1.97. The average molecular weight is 205 g/mol. The van der Waals surface area contributed by atoms with E-state index < -0.39 is 0 Å². The number of nitrogens with zero attached hydrogens (tertiary/aromatic N) is 2. The van der Waals surface area contributed by atoms with Crippen LogP contribution in [0.3, 0.4) is 0 Å². The van der Waals surface area contributed by atoms with Crippen molar-refractivity contribution in [3.05, 3.63) is 36.7 Å². The summed E-state index contributed by atoms with van der Waals surface area (Å²) in [5.74, 6) is 0. The first-order valence-corrected chi connectivity index (χ1v) is 5.08. The summed E-state index contributed by atoms with van der Waals surface area (Å²) in [6, 6.07) is 7.79. The van der Waals surface area contributed by atoms with Gasteiger partial charge in [0, 0.05) is 30.0 Å². The average Bonchev–Trinajstić information content (AvgIpc) is 2.56. The van der Waals surface area contributed by atoms with Crippen LogP contribution in [0.1, 0.15) is 0 Å². The van der Waals surface area contributed by atoms with Gasteiger partial charge in [0.2, 0.25) is 0 Å². The van der Waals surface area contributed by atoms with Gasteiger partial charge in [-0.15, -0.1) is 0 Å². The molecule has 0 saturated carbocycles. The molecule has 0 saturated heterocycles. The third-order valence-electron chi connectivity index (χ3n) is 1.90. The van der Waals surface area contributed by atoms with Crippen LogP contribution in [0, 0.1) is 0 Å². The lowest BCUT2D eigenvalue weighted by atomic mass is 10.3. The Morgan fingerprint density at radius 3 is 2.79 bits per heavy atom. The van der Waals surface area contributed by atoms with E-state index in [0.29, 0.717) is 0 Å². The van der Waals surface area contributed by atoms with Crippen molar-refractivity contribution in [3.8, 4) is 0 Å². The van der Waals surface area contributed by atoms with Crippen molar-refractivity contribution in [2.75, 3.05) is 5.73 Å². The molecule has 0 aliphatic carbocycles. The standard InChI is InChI=1S/C10H11N3S/c1-13-7-6-12-10(13)14-9-5-3-2-4-8(9)11/h2-7H,11H2,1H3. The number of hydrogen-bond acceptors (Lipinski definition) is 3. The third-order valence-corrected chi connectivity index (χ3v) is 3.06. The molecule has 0 amide bonds. The van der Waals surface area contributed by atoms with Crippen LogP contribution in [-0.2, 0) is 7.05 Å². The second-order valence-corrected chi connectivity index (χ2v) is 3.97. The summed E-state index contributed by atoms with van der Waals surface area (Å²) >= 11 is 1.57. The predicted molar refractivity (Wildman–Crippen MR) is 58.2 cm³/mol. The summed E-state index contributed by atoms with van der Waals surface area (Å²) in [6.45, 7) is 0. The Bertz CT molecular complexity index is 436. The Hall–Kier alpha value is -1.42. The normalized spacial score (nSPS) is 10.4. The second-order valence-electron chi connectivity index (χ2n) is 2.96. The quantitative estimate of drug-likeness (QED) is 0.764. The van der Waals surface area contributed by atoms with Gasteiger partial charge in [0.25, 0.3) is 0 Å². The molecule has 0 radical (unpaired) electrons. The molecular formula is C10H11N3S. The van der Waals surface area contributed by atoms with Crippen molar-refractivity contribution >= 4 is 17.4 Å². The molecule has 1 aromatic carbocycles. The van der Waals surface area contributed by atoms with E-state index in [-0.39, 0.29) is 0 Å². The summed E-state index contributed by atoms with van der Waals surface area (Å²) in [5.41, 5.74) is 6.62. The zero-order valence-corrected chi connectivity index (χ0v) is 8.66. The third kappa shape index (κ3) is 1.75. The molecule has 0 atom stereocenters. The summed E-state index contributed by atoms with van der Waals surface area (Å²) in [7, 11) is 1.97. The van der Waals surface area contributed by atoms with Gasteiger partial charge in [0.05, 0.1) is 0 Å². The number of benzene rings is 1. The molecule has 72 valence electrons. The Balaban J connectivity index is 2.28. The zero-order valence-electron chi connectivity index (χ0n) is 7.84. The monoisotopic (exact) mass is 205 g/mol. The highest BCUT2D eigenvalue weighted by Gasteiger charge is 2.04. The lowest BCUT2D eigenvalue weighted by Gasteiger charge is -2.03. The minimum atomic E-state index is 0.792. The van der Waals surface area contributed by atoms with Crippen LogP contribution in [0.15, 0.2) is 46.7 Å². The molecule has 0 unspecified atom stereocenters. The number of para-hydroxylation sites is 1. The number of nitrogen functional groups attached to an aromatic ring is 1. The van der Waals surface area contributed by atoms with E-state index in [0.717, 1.165) is 15.7 Å². The second kappa shape index (κ2) is 3.75. The van der Waals surface area contributed by atoms with E-state index >= 15 is 0 Å². The van der Waals surface area contributed by atoms with Gasteiger partial charge in [-0.2, -0.15) is 0 Å². The Morgan fingerprint density at radius 1 is 1.36 bits per heavy atom. The first kappa shape index (κ1) is 9.15. The maximum atomic E-state index is 5.83. The number of aromatic nitrogens is 2. The first-order valence-electron chi connectivity index (χ1n) is 4.27. The van der Waals surface area contributed by atoms with Gasteiger partial charge in [0.15, 0.2) is 5.16 Å². The molecule has 14 heavy (non-hydrogen) atoms. The molecule has 0 fully saturated rings. The number of anilines is 1. The molecule has 0 aliphatic heterocycles. The zero-order chi connectivity index (χ0) is 9.97. The number of aryl methyl sites for hydroxylation is 1. The van der Waals surface area contributed by atoms with E-state index in [9.17, 15) is 0 Å². The number of hydrogen-bond donors (Lipinski definition) is 1. The van der Waals surface area contributed by atoms with Crippen LogP contribution in [-0.4, -0.2) is 9.55 Å². The van der Waals surface area contributed by atoms with Gasteiger partial charge in [-0.1, -0.05) is 12.1 Å². The Morgan fingerprint density at radius 2 is 2.14 bits per heavy atom. The lowest BCUT2D eigenvalue weighted by Crippen LogP contribution is -1.91. The number of rotatable bonds is 2. The van der Waals surface area contributed by atoms with E-state index in [4.69, 9.17) is 5.73 Å². The number of imidazole rings is 1. The van der Waals surface area contributed by atoms with E-state index in [1.165, 1.54) is 0 Å². The van der Waals surface area contributed by atoms with Gasteiger partial charge in [-0.05, 0) is 23.9 Å². The fraction of sp³-hybridized carbons (Fsp3) is 0.100. The van der Waals surface area contributed by atoms with Crippen molar-refractivity contribution < 1.29 is 0 Å². The molecule has 1 aromatic heterocycles. The largest absolute Gasteiger partial charge is 0.398 e. The van der Waals surface area contributed by atoms with Gasteiger partial charge >= 0.3 is 0 Å². The molecule has 3 nitrogen and oxygen atoms in total. The highest BCUT2D eigenvalue weighted by Crippen LogP contribution is 2.29. The topological polar surface area (TPSA) is 43.8 Å². The molecule has 0 aliphatic rings. The molecule has 0 bridgehead atoms. The summed E-state index contributed by atoms with van der Waals surface area (Å²) in [6.07, 6.45) is 3.70. The SMILES string of the molecule is Cn1ccnc1Sc1ccccc1N. The first-order chi connectivity index (χ1) is 6.77. The molecular weight excluding hydrogens is 194 g/mol. The van der Waals surface area contributed by atoms with E-state index in [1.54, 1.807) is 18.0 Å². The Kier molecular flexibility index (Phi) is 2.45. The highest BCUT2D eigenvalue weighted by atomic mass is 32.2. The van der Waals surface area contributed by atoms with Crippen LogP contribution in [0.5, 0.6) is 0 Å². The van der Waals surface area contributed by atoms with Crippen LogP contribution in [0.4, 0.5) is 5.69 Å². The lowest BCUT2D eigenvalue weighted by molar-refractivity contribution is 0.790. The highest BCUT2D eigenvalue weighted by molar-refractivity contribution is 7.99.